The molecule has 3 heteroatoms. The van der Waals surface area contributed by atoms with E-state index in [1.54, 1.807) is 18.2 Å². The number of rotatable bonds is 1. The van der Waals surface area contributed by atoms with Gasteiger partial charge in [0.25, 0.3) is 0 Å². The minimum Gasteiger partial charge on any atom is -0.237 e. The Kier molecular flexibility index (Phi) is 3.02. The van der Waals surface area contributed by atoms with Crippen LogP contribution in [0, 0.1) is 12.4 Å². The van der Waals surface area contributed by atoms with E-state index in [9.17, 15) is 4.39 Å². The van der Waals surface area contributed by atoms with Crippen molar-refractivity contribution in [3.05, 3.63) is 64.2 Å². The van der Waals surface area contributed by atoms with Gasteiger partial charge in [-0.25, -0.2) is 9.24 Å². The minimum atomic E-state index is -0.258. The predicted molar refractivity (Wildman–Crippen MR) is 65.8 cm³/mol. The third-order valence-electron chi connectivity index (χ3n) is 2.24. The van der Waals surface area contributed by atoms with Crippen LogP contribution in [0.1, 0.15) is 0 Å². The number of halogens is 2. The van der Waals surface area contributed by atoms with Gasteiger partial charge in [-0.1, -0.05) is 40.2 Å². The lowest BCUT2D eigenvalue weighted by molar-refractivity contribution is 0.628. The van der Waals surface area contributed by atoms with Crippen LogP contribution in [-0.4, -0.2) is 0 Å². The monoisotopic (exact) mass is 275 g/mol. The topological polar surface area (TPSA) is 4.36 Å². The summed E-state index contributed by atoms with van der Waals surface area (Å²) in [7, 11) is 0. The molecule has 0 unspecified atom stereocenters. The van der Waals surface area contributed by atoms with Crippen LogP contribution in [0.3, 0.4) is 0 Å². The predicted octanol–water partition coefficient (Wildman–Crippen LogP) is 4.81. The molecule has 0 aromatic heterocycles. The van der Waals surface area contributed by atoms with E-state index in [0.717, 1.165) is 15.6 Å². The van der Waals surface area contributed by atoms with Crippen LogP contribution >= 0.6 is 15.9 Å². The van der Waals surface area contributed by atoms with Gasteiger partial charge < -0.3 is 0 Å². The number of benzene rings is 2. The lowest BCUT2D eigenvalue weighted by Gasteiger charge is -2.03. The van der Waals surface area contributed by atoms with Crippen LogP contribution in [0.2, 0.25) is 0 Å². The van der Waals surface area contributed by atoms with Gasteiger partial charge in [-0.15, -0.1) is 0 Å². The molecule has 2 rings (SSSR count). The zero-order valence-corrected chi connectivity index (χ0v) is 9.83. The number of hydrogen-bond donors (Lipinski definition) is 0. The molecule has 0 amide bonds. The maximum Gasteiger partial charge on any atom is 0.201 e. The average molecular weight is 276 g/mol. The van der Waals surface area contributed by atoms with Crippen LogP contribution in [0.15, 0.2) is 46.9 Å². The molecule has 0 aliphatic rings. The lowest BCUT2D eigenvalue weighted by Crippen LogP contribution is -1.79. The van der Waals surface area contributed by atoms with Gasteiger partial charge in [-0.05, 0) is 29.3 Å². The SMILES string of the molecule is [C-]#[N+]c1cc(-c2ccc(F)cc2)ccc1Br. The van der Waals surface area contributed by atoms with Gasteiger partial charge in [-0.2, -0.15) is 0 Å². The largest absolute Gasteiger partial charge is 0.237 e. The van der Waals surface area contributed by atoms with Crippen molar-refractivity contribution >= 4 is 21.6 Å². The molecular formula is C13H7BrFN. The third kappa shape index (κ3) is 2.12. The Labute approximate surface area is 101 Å². The van der Waals surface area contributed by atoms with Gasteiger partial charge in [0.2, 0.25) is 5.69 Å². The maximum atomic E-state index is 12.8. The number of nitrogens with zero attached hydrogens (tertiary/aromatic N) is 1. The quantitative estimate of drug-likeness (QED) is 0.658. The van der Waals surface area contributed by atoms with E-state index < -0.39 is 0 Å². The van der Waals surface area contributed by atoms with E-state index >= 15 is 0 Å². The van der Waals surface area contributed by atoms with Gasteiger partial charge >= 0.3 is 0 Å². The van der Waals surface area contributed by atoms with Crippen molar-refractivity contribution in [2.45, 2.75) is 0 Å². The fraction of sp³-hybridized carbons (Fsp3) is 0. The fourth-order valence-electron chi connectivity index (χ4n) is 1.42. The van der Waals surface area contributed by atoms with Crippen molar-refractivity contribution < 1.29 is 4.39 Å². The molecule has 16 heavy (non-hydrogen) atoms. The van der Waals surface area contributed by atoms with Gasteiger partial charge in [-0.3, -0.25) is 0 Å². The van der Waals surface area contributed by atoms with Gasteiger partial charge in [0.15, 0.2) is 0 Å². The highest BCUT2D eigenvalue weighted by Crippen LogP contribution is 2.31. The summed E-state index contributed by atoms with van der Waals surface area (Å²) in [6, 6.07) is 11.7. The first-order valence-electron chi connectivity index (χ1n) is 4.63. The molecule has 0 radical (unpaired) electrons. The molecule has 0 aliphatic carbocycles. The van der Waals surface area contributed by atoms with Crippen LogP contribution in [0.5, 0.6) is 0 Å². The first kappa shape index (κ1) is 10.8. The van der Waals surface area contributed by atoms with Gasteiger partial charge in [0.05, 0.1) is 6.57 Å². The molecule has 0 spiro atoms. The summed E-state index contributed by atoms with van der Waals surface area (Å²) in [5, 5.41) is 0. The zero-order valence-electron chi connectivity index (χ0n) is 8.24. The summed E-state index contributed by atoms with van der Waals surface area (Å²) in [6.07, 6.45) is 0. The van der Waals surface area contributed by atoms with Crippen molar-refractivity contribution in [2.24, 2.45) is 0 Å². The molecule has 0 heterocycles. The molecule has 0 bridgehead atoms. The van der Waals surface area contributed by atoms with Crippen LogP contribution in [-0.2, 0) is 0 Å². The zero-order chi connectivity index (χ0) is 11.5. The molecular weight excluding hydrogens is 269 g/mol. The molecule has 0 N–H and O–H groups in total. The normalized spacial score (nSPS) is 9.81. The minimum absolute atomic E-state index is 0.258. The summed E-state index contributed by atoms with van der Waals surface area (Å²) in [6.45, 7) is 7.01. The highest BCUT2D eigenvalue weighted by Gasteiger charge is 2.03. The van der Waals surface area contributed by atoms with Crippen LogP contribution < -0.4 is 0 Å². The first-order valence-corrected chi connectivity index (χ1v) is 5.43. The van der Waals surface area contributed by atoms with Crippen molar-refractivity contribution in [3.63, 3.8) is 0 Å². The summed E-state index contributed by atoms with van der Waals surface area (Å²) in [5.74, 6) is -0.258. The molecule has 2 aromatic rings. The second kappa shape index (κ2) is 4.46. The molecule has 78 valence electrons. The summed E-state index contributed by atoms with van der Waals surface area (Å²) in [5.41, 5.74) is 2.37. The van der Waals surface area contributed by atoms with Crippen molar-refractivity contribution in [1.29, 1.82) is 0 Å². The lowest BCUT2D eigenvalue weighted by atomic mass is 10.1. The van der Waals surface area contributed by atoms with E-state index in [-0.39, 0.29) is 5.82 Å². The van der Waals surface area contributed by atoms with E-state index in [2.05, 4.69) is 20.8 Å². The molecule has 0 saturated carbocycles. The summed E-state index contributed by atoms with van der Waals surface area (Å²) >= 11 is 3.30. The highest BCUT2D eigenvalue weighted by atomic mass is 79.9. The Balaban J connectivity index is 2.49. The van der Waals surface area contributed by atoms with Crippen LogP contribution in [0.25, 0.3) is 16.0 Å². The Morgan fingerprint density at radius 1 is 1.00 bits per heavy atom. The molecule has 0 saturated heterocycles. The smallest absolute Gasteiger partial charge is 0.201 e. The number of hydrogen-bond acceptors (Lipinski definition) is 0. The first-order chi connectivity index (χ1) is 7.70. The Morgan fingerprint density at radius 2 is 1.62 bits per heavy atom. The molecule has 0 fully saturated rings. The van der Waals surface area contributed by atoms with Crippen molar-refractivity contribution in [1.82, 2.24) is 0 Å². The average Bonchev–Trinajstić information content (AvgIpc) is 2.31. The molecule has 1 nitrogen and oxygen atoms in total. The van der Waals surface area contributed by atoms with Crippen LogP contribution in [0.4, 0.5) is 10.1 Å². The Bertz CT molecular complexity index is 555. The Morgan fingerprint density at radius 3 is 2.25 bits per heavy atom. The fourth-order valence-corrected chi connectivity index (χ4v) is 1.76. The van der Waals surface area contributed by atoms with Crippen molar-refractivity contribution in [2.75, 3.05) is 0 Å². The Hall–Kier alpha value is -1.66. The van der Waals surface area contributed by atoms with E-state index in [0.29, 0.717) is 5.69 Å². The van der Waals surface area contributed by atoms with E-state index in [4.69, 9.17) is 6.57 Å². The van der Waals surface area contributed by atoms with E-state index in [1.807, 2.05) is 12.1 Å². The highest BCUT2D eigenvalue weighted by molar-refractivity contribution is 9.10. The summed E-state index contributed by atoms with van der Waals surface area (Å²) < 4.78 is 13.5. The second-order valence-corrected chi connectivity index (χ2v) is 4.14. The third-order valence-corrected chi connectivity index (χ3v) is 2.91. The standard InChI is InChI=1S/C13H7BrFN/c1-16-13-8-10(4-7-12(13)14)9-2-5-11(15)6-3-9/h2-8H. The molecule has 0 atom stereocenters. The van der Waals surface area contributed by atoms with Crippen molar-refractivity contribution in [3.8, 4) is 11.1 Å². The van der Waals surface area contributed by atoms with Gasteiger partial charge in [0.1, 0.15) is 5.82 Å². The summed E-state index contributed by atoms with van der Waals surface area (Å²) in [4.78, 5) is 3.40. The second-order valence-electron chi connectivity index (χ2n) is 3.28. The van der Waals surface area contributed by atoms with E-state index in [1.165, 1.54) is 12.1 Å². The van der Waals surface area contributed by atoms with Gasteiger partial charge in [0, 0.05) is 4.47 Å². The molecule has 2 aromatic carbocycles. The maximum absolute atomic E-state index is 12.8. The molecule has 0 aliphatic heterocycles.